The lowest BCUT2D eigenvalue weighted by atomic mass is 10.3. The molecule has 0 fully saturated rings. The molecule has 0 aromatic heterocycles. The molecule has 0 aromatic rings. The monoisotopic (exact) mass is 159 g/mol. The number of amides is 1. The van der Waals surface area contributed by atoms with Gasteiger partial charge in [0, 0.05) is 13.2 Å². The molecule has 0 aliphatic rings. The van der Waals surface area contributed by atoms with Crippen molar-refractivity contribution in [2.75, 3.05) is 13.9 Å². The van der Waals surface area contributed by atoms with E-state index in [-0.39, 0.29) is 12.7 Å². The third kappa shape index (κ3) is 7.02. The standard InChI is InChI=1S/C7H13NO3/c1-6(2)4-7(9)8-11-5-10-3/h4H,5H2,1-3H3,(H,8,9). The number of rotatable bonds is 4. The molecule has 4 heteroatoms. The first-order valence-electron chi connectivity index (χ1n) is 3.22. The Bertz CT molecular complexity index is 150. The number of hydrogen-bond acceptors (Lipinski definition) is 3. The van der Waals surface area contributed by atoms with Crippen molar-refractivity contribution in [1.82, 2.24) is 5.48 Å². The van der Waals surface area contributed by atoms with Crippen molar-refractivity contribution >= 4 is 5.91 Å². The maximum atomic E-state index is 10.8. The van der Waals surface area contributed by atoms with Crippen LogP contribution in [0.15, 0.2) is 11.6 Å². The first-order chi connectivity index (χ1) is 5.16. The molecule has 64 valence electrons. The number of allylic oxidation sites excluding steroid dienone is 1. The third-order valence-corrected chi connectivity index (χ3v) is 0.769. The Morgan fingerprint density at radius 3 is 2.64 bits per heavy atom. The second-order valence-electron chi connectivity index (χ2n) is 2.24. The van der Waals surface area contributed by atoms with E-state index in [1.54, 1.807) is 0 Å². The van der Waals surface area contributed by atoms with Crippen LogP contribution in [0.1, 0.15) is 13.8 Å². The number of nitrogens with one attached hydrogen (secondary N) is 1. The maximum Gasteiger partial charge on any atom is 0.267 e. The lowest BCUT2D eigenvalue weighted by Crippen LogP contribution is -2.22. The summed E-state index contributed by atoms with van der Waals surface area (Å²) in [5.74, 6) is -0.276. The van der Waals surface area contributed by atoms with Gasteiger partial charge in [-0.15, -0.1) is 0 Å². The van der Waals surface area contributed by atoms with Crippen molar-refractivity contribution < 1.29 is 14.4 Å². The van der Waals surface area contributed by atoms with E-state index in [0.29, 0.717) is 0 Å². The fourth-order valence-corrected chi connectivity index (χ4v) is 0.451. The molecule has 0 spiro atoms. The Morgan fingerprint density at radius 1 is 1.55 bits per heavy atom. The van der Waals surface area contributed by atoms with Crippen LogP contribution in [-0.4, -0.2) is 19.8 Å². The Balaban J connectivity index is 3.46. The van der Waals surface area contributed by atoms with Crippen LogP contribution in [-0.2, 0) is 14.4 Å². The van der Waals surface area contributed by atoms with Gasteiger partial charge in [0.05, 0.1) is 0 Å². The molecule has 4 nitrogen and oxygen atoms in total. The molecular formula is C7H13NO3. The minimum atomic E-state index is -0.276. The average Bonchev–Trinajstić information content (AvgIpc) is 1.86. The fourth-order valence-electron chi connectivity index (χ4n) is 0.451. The third-order valence-electron chi connectivity index (χ3n) is 0.769. The average molecular weight is 159 g/mol. The molecule has 0 aliphatic carbocycles. The Morgan fingerprint density at radius 2 is 2.18 bits per heavy atom. The Hall–Kier alpha value is -0.870. The van der Waals surface area contributed by atoms with E-state index in [1.165, 1.54) is 13.2 Å². The molecular weight excluding hydrogens is 146 g/mol. The zero-order valence-electron chi connectivity index (χ0n) is 7.01. The predicted octanol–water partition coefficient (Wildman–Crippen LogP) is 0.604. The highest BCUT2D eigenvalue weighted by atomic mass is 16.8. The molecule has 11 heavy (non-hydrogen) atoms. The van der Waals surface area contributed by atoms with Gasteiger partial charge in [0.15, 0.2) is 6.79 Å². The molecule has 0 aromatic carbocycles. The molecule has 0 atom stereocenters. The molecule has 0 saturated carbocycles. The Labute approximate surface area is 66.1 Å². The van der Waals surface area contributed by atoms with Crippen LogP contribution >= 0.6 is 0 Å². The van der Waals surface area contributed by atoms with E-state index >= 15 is 0 Å². The summed E-state index contributed by atoms with van der Waals surface area (Å²) in [5.41, 5.74) is 3.09. The number of ether oxygens (including phenoxy) is 1. The van der Waals surface area contributed by atoms with Crippen LogP contribution in [0.3, 0.4) is 0 Å². The van der Waals surface area contributed by atoms with Crippen LogP contribution in [0.5, 0.6) is 0 Å². The van der Waals surface area contributed by atoms with Crippen LogP contribution in [0, 0.1) is 0 Å². The van der Waals surface area contributed by atoms with Gasteiger partial charge in [-0.1, -0.05) is 5.57 Å². The van der Waals surface area contributed by atoms with E-state index in [0.717, 1.165) is 5.57 Å². The minimum Gasteiger partial charge on any atom is -0.356 e. The zero-order valence-corrected chi connectivity index (χ0v) is 7.01. The van der Waals surface area contributed by atoms with E-state index in [1.807, 2.05) is 13.8 Å². The van der Waals surface area contributed by atoms with Gasteiger partial charge in [0.25, 0.3) is 5.91 Å². The van der Waals surface area contributed by atoms with Crippen molar-refractivity contribution in [1.29, 1.82) is 0 Å². The topological polar surface area (TPSA) is 47.6 Å². The van der Waals surface area contributed by atoms with Gasteiger partial charge in [0.2, 0.25) is 0 Å². The predicted molar refractivity (Wildman–Crippen MR) is 40.5 cm³/mol. The van der Waals surface area contributed by atoms with Crippen LogP contribution in [0.2, 0.25) is 0 Å². The van der Waals surface area contributed by atoms with Crippen molar-refractivity contribution in [2.24, 2.45) is 0 Å². The smallest absolute Gasteiger partial charge is 0.267 e. The van der Waals surface area contributed by atoms with Crippen molar-refractivity contribution in [3.63, 3.8) is 0 Å². The second-order valence-corrected chi connectivity index (χ2v) is 2.24. The molecule has 0 rings (SSSR count). The summed E-state index contributed by atoms with van der Waals surface area (Å²) in [6.45, 7) is 3.72. The van der Waals surface area contributed by atoms with Gasteiger partial charge < -0.3 is 4.74 Å². The lowest BCUT2D eigenvalue weighted by Gasteiger charge is -2.00. The summed E-state index contributed by atoms with van der Waals surface area (Å²) in [6, 6.07) is 0. The van der Waals surface area contributed by atoms with Crippen molar-refractivity contribution in [3.8, 4) is 0 Å². The SMILES string of the molecule is COCONC(=O)C=C(C)C. The van der Waals surface area contributed by atoms with Crippen LogP contribution in [0.25, 0.3) is 0 Å². The van der Waals surface area contributed by atoms with Gasteiger partial charge in [0.1, 0.15) is 0 Å². The fraction of sp³-hybridized carbons (Fsp3) is 0.571. The minimum absolute atomic E-state index is 0.0579. The van der Waals surface area contributed by atoms with Crippen LogP contribution < -0.4 is 5.48 Å². The summed E-state index contributed by atoms with van der Waals surface area (Å²) < 4.78 is 4.54. The normalized spacial score (nSPS) is 9.00. The highest BCUT2D eigenvalue weighted by Crippen LogP contribution is 1.86. The molecule has 0 heterocycles. The number of methoxy groups -OCH3 is 1. The molecule has 0 bridgehead atoms. The molecule has 0 unspecified atom stereocenters. The maximum absolute atomic E-state index is 10.8. The molecule has 0 saturated heterocycles. The second kappa shape index (κ2) is 5.88. The first kappa shape index (κ1) is 10.1. The van der Waals surface area contributed by atoms with Crippen molar-refractivity contribution in [2.45, 2.75) is 13.8 Å². The molecule has 0 radical (unpaired) electrons. The number of hydrogen-bond donors (Lipinski definition) is 1. The van der Waals surface area contributed by atoms with Gasteiger partial charge in [-0.3, -0.25) is 4.79 Å². The Kier molecular flexibility index (Phi) is 5.42. The summed E-state index contributed by atoms with van der Waals surface area (Å²) in [4.78, 5) is 15.3. The van der Waals surface area contributed by atoms with Gasteiger partial charge >= 0.3 is 0 Å². The number of carbonyl (C=O) groups excluding carboxylic acids is 1. The largest absolute Gasteiger partial charge is 0.356 e. The number of carbonyl (C=O) groups is 1. The lowest BCUT2D eigenvalue weighted by molar-refractivity contribution is -0.139. The summed E-state index contributed by atoms with van der Waals surface area (Å²) in [6.07, 6.45) is 1.44. The molecule has 0 aliphatic heterocycles. The summed E-state index contributed by atoms with van der Waals surface area (Å²) >= 11 is 0. The van der Waals surface area contributed by atoms with Gasteiger partial charge in [-0.25, -0.2) is 10.3 Å². The first-order valence-corrected chi connectivity index (χ1v) is 3.22. The summed E-state index contributed by atoms with van der Waals surface area (Å²) in [5, 5.41) is 0. The van der Waals surface area contributed by atoms with Gasteiger partial charge in [-0.2, -0.15) is 0 Å². The summed E-state index contributed by atoms with van der Waals surface area (Å²) in [7, 11) is 1.48. The quantitative estimate of drug-likeness (QED) is 0.283. The van der Waals surface area contributed by atoms with Crippen molar-refractivity contribution in [3.05, 3.63) is 11.6 Å². The van der Waals surface area contributed by atoms with E-state index in [4.69, 9.17) is 0 Å². The highest BCUT2D eigenvalue weighted by Gasteiger charge is 1.93. The molecule has 1 N–H and O–H groups in total. The van der Waals surface area contributed by atoms with Gasteiger partial charge in [-0.05, 0) is 13.8 Å². The van der Waals surface area contributed by atoms with E-state index in [2.05, 4.69) is 15.1 Å². The number of hydroxylamine groups is 1. The highest BCUT2D eigenvalue weighted by molar-refractivity contribution is 5.87. The zero-order chi connectivity index (χ0) is 8.69. The van der Waals surface area contributed by atoms with E-state index < -0.39 is 0 Å². The van der Waals surface area contributed by atoms with Crippen LogP contribution in [0.4, 0.5) is 0 Å². The molecule has 1 amide bonds. The van der Waals surface area contributed by atoms with E-state index in [9.17, 15) is 4.79 Å².